The van der Waals surface area contributed by atoms with E-state index in [1.165, 1.54) is 5.69 Å². The molecule has 0 bridgehead atoms. The van der Waals surface area contributed by atoms with Gasteiger partial charge in [-0.3, -0.25) is 9.30 Å². The highest BCUT2D eigenvalue weighted by molar-refractivity contribution is 5.72. The van der Waals surface area contributed by atoms with Crippen LogP contribution in [0.4, 0.5) is 11.5 Å². The number of aliphatic hydroxyl groups is 1. The second kappa shape index (κ2) is 8.59. The van der Waals surface area contributed by atoms with Gasteiger partial charge in [0.2, 0.25) is 0 Å². The second-order valence-electron chi connectivity index (χ2n) is 7.79. The largest absolute Gasteiger partial charge is 0.395 e. The van der Waals surface area contributed by atoms with Crippen LogP contribution in [0.1, 0.15) is 0 Å². The summed E-state index contributed by atoms with van der Waals surface area (Å²) >= 11 is 0. The minimum Gasteiger partial charge on any atom is -0.395 e. The molecule has 0 saturated carbocycles. The standard InChI is InChI=1S/C22H28N6O2/c29-14-11-25-7-9-27(10-8-25)21-22-23-5-6-28(22)20(17-24-21)18-1-3-19(4-2-18)26-12-15-30-16-13-26/h1-6,17,29H,7-16H2. The number of anilines is 2. The molecule has 2 aliphatic heterocycles. The van der Waals surface area contributed by atoms with Crippen LogP contribution in [0.25, 0.3) is 16.9 Å². The highest BCUT2D eigenvalue weighted by atomic mass is 16.5. The first-order valence-electron chi connectivity index (χ1n) is 10.7. The van der Waals surface area contributed by atoms with Gasteiger partial charge in [0.05, 0.1) is 31.7 Å². The van der Waals surface area contributed by atoms with Crippen LogP contribution in [0.2, 0.25) is 0 Å². The zero-order chi connectivity index (χ0) is 20.3. The van der Waals surface area contributed by atoms with E-state index in [0.717, 1.165) is 81.7 Å². The lowest BCUT2D eigenvalue weighted by Crippen LogP contribution is -2.47. The molecule has 0 spiro atoms. The number of nitrogens with zero attached hydrogens (tertiary/aromatic N) is 6. The van der Waals surface area contributed by atoms with Crippen molar-refractivity contribution in [2.24, 2.45) is 0 Å². The Kier molecular flexibility index (Phi) is 5.52. The predicted octanol–water partition coefficient (Wildman–Crippen LogP) is 1.35. The Morgan fingerprint density at radius 3 is 2.40 bits per heavy atom. The van der Waals surface area contributed by atoms with Gasteiger partial charge in [-0.05, 0) is 12.1 Å². The van der Waals surface area contributed by atoms with E-state index in [2.05, 4.69) is 48.3 Å². The van der Waals surface area contributed by atoms with Gasteiger partial charge in [-0.15, -0.1) is 0 Å². The molecule has 2 fully saturated rings. The van der Waals surface area contributed by atoms with E-state index in [1.807, 2.05) is 18.6 Å². The quantitative estimate of drug-likeness (QED) is 0.683. The molecule has 0 atom stereocenters. The molecule has 2 aromatic heterocycles. The van der Waals surface area contributed by atoms with Crippen molar-refractivity contribution in [3.8, 4) is 11.3 Å². The van der Waals surface area contributed by atoms with Crippen molar-refractivity contribution in [3.05, 3.63) is 42.9 Å². The van der Waals surface area contributed by atoms with Gasteiger partial charge in [0.25, 0.3) is 0 Å². The van der Waals surface area contributed by atoms with Crippen LogP contribution in [-0.2, 0) is 4.74 Å². The van der Waals surface area contributed by atoms with Gasteiger partial charge < -0.3 is 19.6 Å². The van der Waals surface area contributed by atoms with Crippen molar-refractivity contribution in [1.29, 1.82) is 0 Å². The topological polar surface area (TPSA) is 69.4 Å². The minimum absolute atomic E-state index is 0.210. The lowest BCUT2D eigenvalue weighted by atomic mass is 10.1. The Morgan fingerprint density at radius 2 is 1.67 bits per heavy atom. The average molecular weight is 409 g/mol. The Labute approximate surface area is 176 Å². The molecule has 2 aliphatic rings. The number of fused-ring (bicyclic) bond motifs is 1. The van der Waals surface area contributed by atoms with E-state index < -0.39 is 0 Å². The summed E-state index contributed by atoms with van der Waals surface area (Å²) in [5.41, 5.74) is 4.29. The number of piperazine rings is 1. The van der Waals surface area contributed by atoms with Crippen LogP contribution in [0, 0.1) is 0 Å². The third-order valence-electron chi connectivity index (χ3n) is 6.04. The fraction of sp³-hybridized carbons (Fsp3) is 0.455. The van der Waals surface area contributed by atoms with E-state index in [0.29, 0.717) is 0 Å². The van der Waals surface area contributed by atoms with Gasteiger partial charge in [0, 0.05) is 69.5 Å². The smallest absolute Gasteiger partial charge is 0.180 e. The Morgan fingerprint density at radius 1 is 0.900 bits per heavy atom. The summed E-state index contributed by atoms with van der Waals surface area (Å²) in [6, 6.07) is 8.68. The summed E-state index contributed by atoms with van der Waals surface area (Å²) in [6.07, 6.45) is 5.80. The maximum Gasteiger partial charge on any atom is 0.180 e. The molecule has 30 heavy (non-hydrogen) atoms. The summed E-state index contributed by atoms with van der Waals surface area (Å²) in [5, 5.41) is 9.16. The van der Waals surface area contributed by atoms with Gasteiger partial charge in [-0.2, -0.15) is 0 Å². The first-order chi connectivity index (χ1) is 14.8. The average Bonchev–Trinajstić information content (AvgIpc) is 3.30. The number of benzene rings is 1. The molecule has 0 aliphatic carbocycles. The first kappa shape index (κ1) is 19.3. The molecule has 158 valence electrons. The number of ether oxygens (including phenoxy) is 1. The first-order valence-corrected chi connectivity index (χ1v) is 10.7. The highest BCUT2D eigenvalue weighted by Gasteiger charge is 2.21. The van der Waals surface area contributed by atoms with E-state index in [9.17, 15) is 0 Å². The zero-order valence-corrected chi connectivity index (χ0v) is 17.2. The van der Waals surface area contributed by atoms with Crippen molar-refractivity contribution in [2.45, 2.75) is 0 Å². The van der Waals surface area contributed by atoms with Gasteiger partial charge in [-0.1, -0.05) is 12.1 Å². The predicted molar refractivity (Wildman–Crippen MR) is 117 cm³/mol. The highest BCUT2D eigenvalue weighted by Crippen LogP contribution is 2.27. The van der Waals surface area contributed by atoms with Crippen molar-refractivity contribution in [2.75, 3.05) is 75.4 Å². The molecule has 3 aromatic rings. The number of aliphatic hydroxyl groups excluding tert-OH is 1. The van der Waals surface area contributed by atoms with E-state index >= 15 is 0 Å². The van der Waals surface area contributed by atoms with Crippen LogP contribution in [0.15, 0.2) is 42.9 Å². The number of rotatable bonds is 5. The summed E-state index contributed by atoms with van der Waals surface area (Å²) < 4.78 is 7.59. The fourth-order valence-electron chi connectivity index (χ4n) is 4.33. The van der Waals surface area contributed by atoms with E-state index in [-0.39, 0.29) is 6.61 Å². The summed E-state index contributed by atoms with van der Waals surface area (Å²) in [4.78, 5) is 16.4. The lowest BCUT2D eigenvalue weighted by molar-refractivity contribution is 0.122. The number of hydrogen-bond acceptors (Lipinski definition) is 7. The number of β-amino-alcohol motifs (C(OH)–C–C–N with tert-alkyl or cyclic N) is 1. The molecule has 1 N–H and O–H groups in total. The van der Waals surface area contributed by atoms with Crippen LogP contribution in [0.3, 0.4) is 0 Å². The van der Waals surface area contributed by atoms with Gasteiger partial charge >= 0.3 is 0 Å². The number of hydrogen-bond donors (Lipinski definition) is 1. The summed E-state index contributed by atoms with van der Waals surface area (Å²) in [6.45, 7) is 8.04. The van der Waals surface area contributed by atoms with Gasteiger partial charge in [0.1, 0.15) is 0 Å². The Bertz CT molecular complexity index is 975. The zero-order valence-electron chi connectivity index (χ0n) is 17.2. The number of morpholine rings is 1. The Balaban J connectivity index is 1.39. The fourth-order valence-corrected chi connectivity index (χ4v) is 4.33. The van der Waals surface area contributed by atoms with Crippen LogP contribution >= 0.6 is 0 Å². The molecule has 8 heteroatoms. The molecule has 0 amide bonds. The van der Waals surface area contributed by atoms with Gasteiger partial charge in [0.15, 0.2) is 11.5 Å². The van der Waals surface area contributed by atoms with Gasteiger partial charge in [-0.25, -0.2) is 9.97 Å². The van der Waals surface area contributed by atoms with Crippen LogP contribution in [-0.4, -0.2) is 90.0 Å². The summed E-state index contributed by atoms with van der Waals surface area (Å²) in [7, 11) is 0. The second-order valence-corrected chi connectivity index (χ2v) is 7.79. The normalized spacial score (nSPS) is 18.3. The molecular formula is C22H28N6O2. The molecule has 8 nitrogen and oxygen atoms in total. The van der Waals surface area contributed by atoms with Crippen molar-refractivity contribution in [3.63, 3.8) is 0 Å². The van der Waals surface area contributed by atoms with E-state index in [1.54, 1.807) is 0 Å². The monoisotopic (exact) mass is 408 g/mol. The molecule has 5 rings (SSSR count). The third-order valence-corrected chi connectivity index (χ3v) is 6.04. The molecule has 0 radical (unpaired) electrons. The maximum atomic E-state index is 9.16. The molecule has 4 heterocycles. The maximum absolute atomic E-state index is 9.16. The molecule has 2 saturated heterocycles. The lowest BCUT2D eigenvalue weighted by Gasteiger charge is -2.35. The minimum atomic E-state index is 0.210. The molecular weight excluding hydrogens is 380 g/mol. The van der Waals surface area contributed by atoms with E-state index in [4.69, 9.17) is 14.8 Å². The van der Waals surface area contributed by atoms with Crippen LogP contribution in [0.5, 0.6) is 0 Å². The summed E-state index contributed by atoms with van der Waals surface area (Å²) in [5.74, 6) is 0.928. The number of aromatic nitrogens is 3. The van der Waals surface area contributed by atoms with Crippen molar-refractivity contribution >= 4 is 17.2 Å². The Hall–Kier alpha value is -2.68. The SMILES string of the molecule is OCCN1CCN(c2ncc(-c3ccc(N4CCOCC4)cc3)n3ccnc23)CC1. The van der Waals surface area contributed by atoms with Crippen molar-refractivity contribution in [1.82, 2.24) is 19.3 Å². The third kappa shape index (κ3) is 3.74. The van der Waals surface area contributed by atoms with Crippen molar-refractivity contribution < 1.29 is 9.84 Å². The molecule has 0 unspecified atom stereocenters. The molecule has 1 aromatic carbocycles. The number of imidazole rings is 1. The van der Waals surface area contributed by atoms with Crippen LogP contribution < -0.4 is 9.80 Å².